The summed E-state index contributed by atoms with van der Waals surface area (Å²) >= 11 is 0. The van der Waals surface area contributed by atoms with Crippen LogP contribution in [-0.2, 0) is 4.74 Å². The molecule has 0 radical (unpaired) electrons. The van der Waals surface area contributed by atoms with Gasteiger partial charge in [0.05, 0.1) is 6.10 Å². The molecule has 1 rings (SSSR count). The molecule has 0 aliphatic rings. The zero-order valence-electron chi connectivity index (χ0n) is 11.9. The molecule has 2 nitrogen and oxygen atoms in total. The first-order valence-electron chi connectivity index (χ1n) is 7.14. The molecule has 0 heterocycles. The summed E-state index contributed by atoms with van der Waals surface area (Å²) in [5.74, 6) is 0.701. The molecule has 2 heteroatoms. The number of rotatable bonds is 8. The van der Waals surface area contributed by atoms with Crippen molar-refractivity contribution < 1.29 is 4.74 Å². The van der Waals surface area contributed by atoms with Crippen molar-refractivity contribution in [3.63, 3.8) is 0 Å². The molecule has 0 amide bonds. The molecule has 0 bridgehead atoms. The topological polar surface area (TPSA) is 35.2 Å². The van der Waals surface area contributed by atoms with E-state index in [2.05, 4.69) is 26.0 Å². The first-order valence-corrected chi connectivity index (χ1v) is 7.14. The second-order valence-electron chi connectivity index (χ2n) is 4.87. The van der Waals surface area contributed by atoms with Crippen molar-refractivity contribution >= 4 is 0 Å². The Bertz CT molecular complexity index is 308. The first kappa shape index (κ1) is 15.2. The van der Waals surface area contributed by atoms with Crippen LogP contribution in [0.15, 0.2) is 30.3 Å². The quantitative estimate of drug-likeness (QED) is 0.758. The van der Waals surface area contributed by atoms with Gasteiger partial charge in [0.15, 0.2) is 0 Å². The molecule has 0 saturated carbocycles. The third-order valence-electron chi connectivity index (χ3n) is 3.62. The standard InChI is InChI=1S/C16H27NO/c1-4-13(5-2)12-15(17)16(18-6-3)14-10-8-7-9-11-14/h7-11,13,15-16H,4-6,12,17H2,1-3H3. The number of nitrogens with two attached hydrogens (primary N) is 1. The number of hydrogen-bond donors (Lipinski definition) is 1. The fourth-order valence-electron chi connectivity index (χ4n) is 2.42. The molecule has 2 atom stereocenters. The molecule has 1 aromatic carbocycles. The van der Waals surface area contributed by atoms with Gasteiger partial charge in [-0.25, -0.2) is 0 Å². The van der Waals surface area contributed by atoms with Crippen LogP contribution in [0, 0.1) is 5.92 Å². The predicted molar refractivity (Wildman–Crippen MR) is 77.5 cm³/mol. The fraction of sp³-hybridized carbons (Fsp3) is 0.625. The summed E-state index contributed by atoms with van der Waals surface area (Å²) in [5, 5.41) is 0. The Morgan fingerprint density at radius 1 is 1.06 bits per heavy atom. The van der Waals surface area contributed by atoms with Crippen molar-refractivity contribution in [1.82, 2.24) is 0 Å². The molecular weight excluding hydrogens is 222 g/mol. The molecule has 18 heavy (non-hydrogen) atoms. The van der Waals surface area contributed by atoms with E-state index < -0.39 is 0 Å². The van der Waals surface area contributed by atoms with Gasteiger partial charge in [0, 0.05) is 12.6 Å². The molecule has 2 N–H and O–H groups in total. The molecule has 0 aliphatic heterocycles. The highest BCUT2D eigenvalue weighted by molar-refractivity contribution is 5.19. The van der Waals surface area contributed by atoms with Crippen LogP contribution in [0.2, 0.25) is 0 Å². The molecule has 0 fully saturated rings. The smallest absolute Gasteiger partial charge is 0.0975 e. The Hall–Kier alpha value is -0.860. The second-order valence-corrected chi connectivity index (χ2v) is 4.87. The first-order chi connectivity index (χ1) is 8.72. The third-order valence-corrected chi connectivity index (χ3v) is 3.62. The summed E-state index contributed by atoms with van der Waals surface area (Å²) in [4.78, 5) is 0. The highest BCUT2D eigenvalue weighted by Gasteiger charge is 2.22. The van der Waals surface area contributed by atoms with Crippen molar-refractivity contribution in [1.29, 1.82) is 0 Å². The van der Waals surface area contributed by atoms with Gasteiger partial charge in [-0.05, 0) is 24.8 Å². The lowest BCUT2D eigenvalue weighted by molar-refractivity contribution is 0.0367. The van der Waals surface area contributed by atoms with E-state index in [1.807, 2.05) is 25.1 Å². The fourth-order valence-corrected chi connectivity index (χ4v) is 2.42. The maximum Gasteiger partial charge on any atom is 0.0975 e. The summed E-state index contributed by atoms with van der Waals surface area (Å²) < 4.78 is 5.85. The highest BCUT2D eigenvalue weighted by atomic mass is 16.5. The van der Waals surface area contributed by atoms with Gasteiger partial charge < -0.3 is 10.5 Å². The van der Waals surface area contributed by atoms with Gasteiger partial charge in [0.25, 0.3) is 0 Å². The van der Waals surface area contributed by atoms with Crippen molar-refractivity contribution in [3.05, 3.63) is 35.9 Å². The monoisotopic (exact) mass is 249 g/mol. The minimum atomic E-state index is 0.0248. The van der Waals surface area contributed by atoms with Crippen LogP contribution in [0.3, 0.4) is 0 Å². The van der Waals surface area contributed by atoms with E-state index >= 15 is 0 Å². The van der Waals surface area contributed by atoms with Crippen molar-refractivity contribution in [2.75, 3.05) is 6.61 Å². The molecule has 102 valence electrons. The Kier molecular flexibility index (Phi) is 6.99. The van der Waals surface area contributed by atoms with Gasteiger partial charge in [-0.1, -0.05) is 57.0 Å². The Balaban J connectivity index is 2.72. The Labute approximate surface area is 112 Å². The minimum Gasteiger partial charge on any atom is -0.372 e. The van der Waals surface area contributed by atoms with Gasteiger partial charge in [-0.3, -0.25) is 0 Å². The lowest BCUT2D eigenvalue weighted by atomic mass is 9.90. The normalized spacial score (nSPS) is 14.7. The van der Waals surface area contributed by atoms with Gasteiger partial charge in [0.1, 0.15) is 0 Å². The Morgan fingerprint density at radius 2 is 1.67 bits per heavy atom. The Morgan fingerprint density at radius 3 is 2.17 bits per heavy atom. The van der Waals surface area contributed by atoms with Crippen LogP contribution in [0.1, 0.15) is 51.7 Å². The molecule has 2 unspecified atom stereocenters. The summed E-state index contributed by atoms with van der Waals surface area (Å²) in [6, 6.07) is 10.4. The van der Waals surface area contributed by atoms with Crippen LogP contribution in [0.25, 0.3) is 0 Å². The van der Waals surface area contributed by atoms with Crippen LogP contribution in [0.5, 0.6) is 0 Å². The van der Waals surface area contributed by atoms with Gasteiger partial charge in [-0.15, -0.1) is 0 Å². The molecule has 1 aromatic rings. The molecule has 0 aromatic heterocycles. The lowest BCUT2D eigenvalue weighted by Crippen LogP contribution is -2.32. The summed E-state index contributed by atoms with van der Waals surface area (Å²) in [6.45, 7) is 7.20. The summed E-state index contributed by atoms with van der Waals surface area (Å²) in [5.41, 5.74) is 7.56. The summed E-state index contributed by atoms with van der Waals surface area (Å²) in [6.07, 6.45) is 3.44. The van der Waals surface area contributed by atoms with E-state index in [-0.39, 0.29) is 12.1 Å². The zero-order chi connectivity index (χ0) is 13.4. The third kappa shape index (κ3) is 4.43. The average Bonchev–Trinajstić information content (AvgIpc) is 2.42. The zero-order valence-corrected chi connectivity index (χ0v) is 11.9. The van der Waals surface area contributed by atoms with Gasteiger partial charge >= 0.3 is 0 Å². The van der Waals surface area contributed by atoms with Crippen LogP contribution in [-0.4, -0.2) is 12.6 Å². The largest absolute Gasteiger partial charge is 0.372 e. The van der Waals surface area contributed by atoms with Crippen molar-refractivity contribution in [2.24, 2.45) is 11.7 Å². The number of benzene rings is 1. The van der Waals surface area contributed by atoms with Crippen molar-refractivity contribution in [2.45, 2.75) is 52.2 Å². The highest BCUT2D eigenvalue weighted by Crippen LogP contribution is 2.26. The second kappa shape index (κ2) is 8.28. The van der Waals surface area contributed by atoms with Crippen LogP contribution < -0.4 is 5.73 Å². The molecular formula is C16H27NO. The number of ether oxygens (including phenoxy) is 1. The molecule has 0 aliphatic carbocycles. The van der Waals surface area contributed by atoms with E-state index in [1.54, 1.807) is 0 Å². The maximum absolute atomic E-state index is 6.36. The molecule has 0 spiro atoms. The maximum atomic E-state index is 6.36. The molecule has 0 saturated heterocycles. The van der Waals surface area contributed by atoms with E-state index in [4.69, 9.17) is 10.5 Å². The SMILES string of the molecule is CCOC(c1ccccc1)C(N)CC(CC)CC. The van der Waals surface area contributed by atoms with E-state index in [9.17, 15) is 0 Å². The van der Waals surface area contributed by atoms with Crippen LogP contribution >= 0.6 is 0 Å². The van der Waals surface area contributed by atoms with E-state index in [1.165, 1.54) is 18.4 Å². The van der Waals surface area contributed by atoms with Gasteiger partial charge in [-0.2, -0.15) is 0 Å². The summed E-state index contributed by atoms with van der Waals surface area (Å²) in [7, 11) is 0. The van der Waals surface area contributed by atoms with Crippen molar-refractivity contribution in [3.8, 4) is 0 Å². The average molecular weight is 249 g/mol. The minimum absolute atomic E-state index is 0.0248. The van der Waals surface area contributed by atoms with Gasteiger partial charge in [0.2, 0.25) is 0 Å². The predicted octanol–water partition coefficient (Wildman–Crippen LogP) is 3.92. The number of hydrogen-bond acceptors (Lipinski definition) is 2. The van der Waals surface area contributed by atoms with Crippen LogP contribution in [0.4, 0.5) is 0 Å². The van der Waals surface area contributed by atoms with E-state index in [0.717, 1.165) is 6.42 Å². The van der Waals surface area contributed by atoms with E-state index in [0.29, 0.717) is 12.5 Å². The lowest BCUT2D eigenvalue weighted by Gasteiger charge is -2.27.